The Kier molecular flexibility index (Phi) is 6.91. The SMILES string of the molecule is CC(C)OC(=O)C(CCOS(C)(=O)=O)OS(C)(=O)=O. The van der Waals surface area contributed by atoms with Gasteiger partial charge in [0.15, 0.2) is 6.10 Å². The van der Waals surface area contributed by atoms with Gasteiger partial charge in [0.2, 0.25) is 0 Å². The second-order valence-corrected chi connectivity index (χ2v) is 7.33. The van der Waals surface area contributed by atoms with E-state index in [1.54, 1.807) is 13.8 Å². The fourth-order valence-corrected chi connectivity index (χ4v) is 2.03. The molecule has 114 valence electrons. The third-order valence-corrected chi connectivity index (χ3v) is 2.76. The molecule has 0 aliphatic carbocycles. The van der Waals surface area contributed by atoms with Gasteiger partial charge in [0.25, 0.3) is 20.2 Å². The molecule has 0 aromatic heterocycles. The molecule has 0 radical (unpaired) electrons. The third-order valence-electron chi connectivity index (χ3n) is 1.58. The van der Waals surface area contributed by atoms with E-state index >= 15 is 0 Å². The Morgan fingerprint density at radius 3 is 1.95 bits per heavy atom. The van der Waals surface area contributed by atoms with E-state index in [1.165, 1.54) is 0 Å². The molecule has 0 saturated heterocycles. The van der Waals surface area contributed by atoms with Crippen LogP contribution in [0.2, 0.25) is 0 Å². The van der Waals surface area contributed by atoms with Crippen LogP contribution in [0, 0.1) is 0 Å². The molecule has 0 N–H and O–H groups in total. The van der Waals surface area contributed by atoms with Crippen LogP contribution in [0.3, 0.4) is 0 Å². The normalized spacial score (nSPS) is 14.4. The summed E-state index contributed by atoms with van der Waals surface area (Å²) in [6.07, 6.45) is -0.523. The van der Waals surface area contributed by atoms with Crippen LogP contribution in [-0.4, -0.2) is 54.1 Å². The lowest BCUT2D eigenvalue weighted by Crippen LogP contribution is -2.32. The zero-order valence-electron chi connectivity index (χ0n) is 11.2. The molecule has 0 aromatic rings. The summed E-state index contributed by atoms with van der Waals surface area (Å²) < 4.78 is 57.3. The average molecular weight is 318 g/mol. The molecule has 10 heteroatoms. The molecule has 1 unspecified atom stereocenters. The van der Waals surface area contributed by atoms with E-state index in [1.807, 2.05) is 0 Å². The number of esters is 1. The molecule has 0 bridgehead atoms. The number of hydrogen-bond donors (Lipinski definition) is 0. The maximum Gasteiger partial charge on any atom is 0.337 e. The Morgan fingerprint density at radius 1 is 1.05 bits per heavy atom. The Hall–Kier alpha value is -0.710. The Balaban J connectivity index is 4.64. The minimum absolute atomic E-state index is 0.258. The first-order valence-electron chi connectivity index (χ1n) is 5.34. The second-order valence-electron chi connectivity index (χ2n) is 4.09. The summed E-state index contributed by atoms with van der Waals surface area (Å²) in [5.41, 5.74) is 0. The van der Waals surface area contributed by atoms with Crippen molar-refractivity contribution in [3.8, 4) is 0 Å². The summed E-state index contributed by atoms with van der Waals surface area (Å²) in [6, 6.07) is 0. The lowest BCUT2D eigenvalue weighted by molar-refractivity contribution is -0.156. The molecule has 0 spiro atoms. The van der Waals surface area contributed by atoms with Crippen molar-refractivity contribution < 1.29 is 34.7 Å². The van der Waals surface area contributed by atoms with Crippen molar-refractivity contribution >= 4 is 26.2 Å². The van der Waals surface area contributed by atoms with Crippen molar-refractivity contribution in [1.82, 2.24) is 0 Å². The van der Waals surface area contributed by atoms with E-state index in [0.29, 0.717) is 0 Å². The van der Waals surface area contributed by atoms with E-state index in [-0.39, 0.29) is 13.0 Å². The molecular weight excluding hydrogens is 300 g/mol. The van der Waals surface area contributed by atoms with Gasteiger partial charge in [0, 0.05) is 6.42 Å². The van der Waals surface area contributed by atoms with E-state index in [0.717, 1.165) is 12.5 Å². The molecular formula is C9H18O8S2. The van der Waals surface area contributed by atoms with Gasteiger partial charge in [-0.3, -0.25) is 8.37 Å². The Morgan fingerprint density at radius 2 is 1.58 bits per heavy atom. The fraction of sp³-hybridized carbons (Fsp3) is 0.889. The molecule has 0 amide bonds. The first-order valence-corrected chi connectivity index (χ1v) is 8.97. The summed E-state index contributed by atoms with van der Waals surface area (Å²) in [5.74, 6) is -0.891. The van der Waals surface area contributed by atoms with Crippen LogP contribution >= 0.6 is 0 Å². The van der Waals surface area contributed by atoms with Crippen LogP contribution in [0.25, 0.3) is 0 Å². The van der Waals surface area contributed by atoms with Crippen LogP contribution in [-0.2, 0) is 38.1 Å². The van der Waals surface area contributed by atoms with Crippen LogP contribution < -0.4 is 0 Å². The average Bonchev–Trinajstić information content (AvgIpc) is 2.10. The number of carbonyl (C=O) groups is 1. The van der Waals surface area contributed by atoms with Crippen molar-refractivity contribution in [2.45, 2.75) is 32.5 Å². The molecule has 0 saturated carbocycles. The Bertz CT molecular complexity index is 490. The maximum atomic E-state index is 11.6. The lowest BCUT2D eigenvalue weighted by atomic mass is 10.3. The second kappa shape index (κ2) is 7.17. The molecule has 0 heterocycles. The highest BCUT2D eigenvalue weighted by molar-refractivity contribution is 7.86. The van der Waals surface area contributed by atoms with Crippen molar-refractivity contribution in [3.05, 3.63) is 0 Å². The number of rotatable bonds is 8. The molecule has 1 atom stereocenters. The van der Waals surface area contributed by atoms with Crippen LogP contribution in [0.4, 0.5) is 0 Å². The van der Waals surface area contributed by atoms with Crippen molar-refractivity contribution in [2.24, 2.45) is 0 Å². The zero-order valence-corrected chi connectivity index (χ0v) is 12.8. The molecule has 8 nitrogen and oxygen atoms in total. The summed E-state index contributed by atoms with van der Waals surface area (Å²) in [4.78, 5) is 11.6. The van der Waals surface area contributed by atoms with Gasteiger partial charge in [0.1, 0.15) is 0 Å². The first kappa shape index (κ1) is 18.3. The summed E-state index contributed by atoms with van der Waals surface area (Å²) >= 11 is 0. The third kappa shape index (κ3) is 10.9. The predicted molar refractivity (Wildman–Crippen MR) is 66.4 cm³/mol. The van der Waals surface area contributed by atoms with E-state index in [4.69, 9.17) is 4.74 Å². The quantitative estimate of drug-likeness (QED) is 0.441. The molecule has 0 fully saturated rings. The monoisotopic (exact) mass is 318 g/mol. The predicted octanol–water partition coefficient (Wildman–Crippen LogP) is -0.351. The smallest absolute Gasteiger partial charge is 0.337 e. The van der Waals surface area contributed by atoms with Gasteiger partial charge in [0.05, 0.1) is 25.2 Å². The number of carbonyl (C=O) groups excluding carboxylic acids is 1. The highest BCUT2D eigenvalue weighted by Gasteiger charge is 2.26. The summed E-state index contributed by atoms with van der Waals surface area (Å²) in [7, 11) is -7.55. The number of hydrogen-bond acceptors (Lipinski definition) is 8. The summed E-state index contributed by atoms with van der Waals surface area (Å²) in [6.45, 7) is 2.79. The fourth-order valence-electron chi connectivity index (χ4n) is 1.03. The van der Waals surface area contributed by atoms with Gasteiger partial charge in [-0.1, -0.05) is 0 Å². The van der Waals surface area contributed by atoms with E-state index in [9.17, 15) is 21.6 Å². The molecule has 0 rings (SSSR count). The molecule has 0 aliphatic heterocycles. The first-order chi connectivity index (χ1) is 8.41. The molecule has 0 aliphatic rings. The minimum atomic E-state index is -3.88. The topological polar surface area (TPSA) is 113 Å². The van der Waals surface area contributed by atoms with Gasteiger partial charge in [-0.2, -0.15) is 16.8 Å². The van der Waals surface area contributed by atoms with Crippen LogP contribution in [0.1, 0.15) is 20.3 Å². The molecule has 19 heavy (non-hydrogen) atoms. The molecule has 0 aromatic carbocycles. The van der Waals surface area contributed by atoms with Crippen molar-refractivity contribution in [1.29, 1.82) is 0 Å². The standard InChI is InChI=1S/C9H18O8S2/c1-7(2)16-9(10)8(17-19(4,13)14)5-6-15-18(3,11)12/h7-8H,5-6H2,1-4H3. The highest BCUT2D eigenvalue weighted by Crippen LogP contribution is 2.08. The van der Waals surface area contributed by atoms with Crippen molar-refractivity contribution in [2.75, 3.05) is 19.1 Å². The maximum absolute atomic E-state index is 11.6. The van der Waals surface area contributed by atoms with E-state index in [2.05, 4.69) is 8.37 Å². The van der Waals surface area contributed by atoms with Crippen molar-refractivity contribution in [3.63, 3.8) is 0 Å². The van der Waals surface area contributed by atoms with E-state index < -0.39 is 38.4 Å². The van der Waals surface area contributed by atoms with Gasteiger partial charge in [-0.15, -0.1) is 0 Å². The minimum Gasteiger partial charge on any atom is -0.461 e. The Labute approximate surface area is 113 Å². The lowest BCUT2D eigenvalue weighted by Gasteiger charge is -2.16. The van der Waals surface area contributed by atoms with Crippen LogP contribution in [0.5, 0.6) is 0 Å². The highest BCUT2D eigenvalue weighted by atomic mass is 32.2. The van der Waals surface area contributed by atoms with Gasteiger partial charge < -0.3 is 4.74 Å². The van der Waals surface area contributed by atoms with Gasteiger partial charge in [-0.05, 0) is 13.8 Å². The van der Waals surface area contributed by atoms with Crippen LogP contribution in [0.15, 0.2) is 0 Å². The number of ether oxygens (including phenoxy) is 1. The van der Waals surface area contributed by atoms with Gasteiger partial charge in [-0.25, -0.2) is 4.79 Å². The largest absolute Gasteiger partial charge is 0.461 e. The summed E-state index contributed by atoms with van der Waals surface area (Å²) in [5, 5.41) is 0. The van der Waals surface area contributed by atoms with Gasteiger partial charge >= 0.3 is 5.97 Å². The zero-order chi connectivity index (χ0) is 15.3.